The van der Waals surface area contributed by atoms with Crippen molar-refractivity contribution in [3.63, 3.8) is 0 Å². The van der Waals surface area contributed by atoms with E-state index < -0.39 is 0 Å². The van der Waals surface area contributed by atoms with Crippen LogP contribution >= 0.6 is 24.0 Å². The Balaban J connectivity index is 1.88. The second-order valence-electron chi connectivity index (χ2n) is 4.80. The smallest absolute Gasteiger partial charge is 0.266 e. The van der Waals surface area contributed by atoms with Crippen LogP contribution in [0.15, 0.2) is 27.7 Å². The summed E-state index contributed by atoms with van der Waals surface area (Å²) >= 11 is 6.44. The summed E-state index contributed by atoms with van der Waals surface area (Å²) in [6.45, 7) is 3.04. The lowest BCUT2D eigenvalue weighted by molar-refractivity contribution is -0.123. The Morgan fingerprint density at radius 3 is 3.05 bits per heavy atom. The summed E-state index contributed by atoms with van der Waals surface area (Å²) in [5, 5.41) is 2.83. The normalized spacial score (nSPS) is 16.6. The van der Waals surface area contributed by atoms with Crippen LogP contribution in [0.3, 0.4) is 0 Å². The van der Waals surface area contributed by atoms with Crippen molar-refractivity contribution < 1.29 is 14.0 Å². The van der Waals surface area contributed by atoms with Gasteiger partial charge in [-0.2, -0.15) is 0 Å². The van der Waals surface area contributed by atoms with Crippen molar-refractivity contribution in [2.24, 2.45) is 0 Å². The topological polar surface area (TPSA) is 62.6 Å². The molecule has 0 atom stereocenters. The van der Waals surface area contributed by atoms with Gasteiger partial charge in [0, 0.05) is 25.6 Å². The SMILES string of the molecule is CCCCNC(=O)CCN1C(=O)/C(=C\c2ccco2)SC1=S. The van der Waals surface area contributed by atoms with Crippen LogP contribution in [0.2, 0.25) is 0 Å². The molecule has 1 aliphatic rings. The molecule has 1 aliphatic heterocycles. The van der Waals surface area contributed by atoms with Gasteiger partial charge in [-0.25, -0.2) is 0 Å². The first-order valence-electron chi connectivity index (χ1n) is 7.17. The summed E-state index contributed by atoms with van der Waals surface area (Å²) in [6.07, 6.45) is 5.46. The highest BCUT2D eigenvalue weighted by Gasteiger charge is 2.32. The molecule has 0 spiro atoms. The molecule has 1 aromatic rings. The van der Waals surface area contributed by atoms with Crippen molar-refractivity contribution in [1.29, 1.82) is 0 Å². The van der Waals surface area contributed by atoms with Crippen molar-refractivity contribution >= 4 is 46.2 Å². The summed E-state index contributed by atoms with van der Waals surface area (Å²) in [7, 11) is 0. The molecule has 1 N–H and O–H groups in total. The van der Waals surface area contributed by atoms with Crippen LogP contribution in [0.4, 0.5) is 0 Å². The number of rotatable bonds is 7. The molecule has 7 heteroatoms. The zero-order chi connectivity index (χ0) is 15.9. The minimum absolute atomic E-state index is 0.0579. The molecule has 1 aromatic heterocycles. The van der Waals surface area contributed by atoms with Crippen molar-refractivity contribution in [2.75, 3.05) is 13.1 Å². The predicted molar refractivity (Wildman–Crippen MR) is 91.1 cm³/mol. The van der Waals surface area contributed by atoms with Crippen LogP contribution in [0.25, 0.3) is 6.08 Å². The fraction of sp³-hybridized carbons (Fsp3) is 0.400. The van der Waals surface area contributed by atoms with Crippen LogP contribution in [0.5, 0.6) is 0 Å². The van der Waals surface area contributed by atoms with Gasteiger partial charge in [0.1, 0.15) is 10.1 Å². The van der Waals surface area contributed by atoms with Gasteiger partial charge in [-0.05, 0) is 18.6 Å². The van der Waals surface area contributed by atoms with E-state index in [1.54, 1.807) is 24.5 Å². The molecule has 2 rings (SSSR count). The third-order valence-corrected chi connectivity index (χ3v) is 4.48. The van der Waals surface area contributed by atoms with Gasteiger partial charge in [-0.3, -0.25) is 14.5 Å². The molecule has 5 nitrogen and oxygen atoms in total. The molecule has 2 amide bonds. The van der Waals surface area contributed by atoms with Crippen molar-refractivity contribution in [1.82, 2.24) is 10.2 Å². The van der Waals surface area contributed by atoms with E-state index in [4.69, 9.17) is 16.6 Å². The Morgan fingerprint density at radius 2 is 2.36 bits per heavy atom. The second kappa shape index (κ2) is 8.14. The average Bonchev–Trinajstić information content (AvgIpc) is 3.08. The fourth-order valence-electron chi connectivity index (χ4n) is 1.90. The number of furan rings is 1. The quantitative estimate of drug-likeness (QED) is 0.470. The molecular weight excluding hydrogens is 320 g/mol. The van der Waals surface area contributed by atoms with E-state index in [0.29, 0.717) is 28.1 Å². The molecule has 0 aromatic carbocycles. The molecule has 2 heterocycles. The summed E-state index contributed by atoms with van der Waals surface area (Å²) in [6, 6.07) is 3.53. The number of amides is 2. The molecule has 0 radical (unpaired) electrons. The minimum atomic E-state index is -0.173. The van der Waals surface area contributed by atoms with Gasteiger partial charge in [0.25, 0.3) is 5.91 Å². The van der Waals surface area contributed by atoms with Crippen molar-refractivity contribution in [3.8, 4) is 0 Å². The Labute approximate surface area is 139 Å². The maximum atomic E-state index is 12.3. The van der Waals surface area contributed by atoms with Crippen molar-refractivity contribution in [3.05, 3.63) is 29.1 Å². The van der Waals surface area contributed by atoms with E-state index in [1.807, 2.05) is 0 Å². The van der Waals surface area contributed by atoms with Crippen LogP contribution < -0.4 is 5.32 Å². The molecule has 1 fully saturated rings. The standard InChI is InChI=1S/C15H18N2O3S2/c1-2-3-7-16-13(18)6-8-17-14(19)12(22-15(17)21)10-11-5-4-9-20-11/h4-5,9-10H,2-3,6-8H2,1H3,(H,16,18)/b12-10+. The Kier molecular flexibility index (Phi) is 6.21. The predicted octanol–water partition coefficient (Wildman–Crippen LogP) is 2.79. The number of hydrogen-bond acceptors (Lipinski definition) is 5. The second-order valence-corrected chi connectivity index (χ2v) is 6.48. The molecule has 0 aliphatic carbocycles. The number of nitrogens with one attached hydrogen (secondary N) is 1. The summed E-state index contributed by atoms with van der Waals surface area (Å²) in [5.41, 5.74) is 0. The summed E-state index contributed by atoms with van der Waals surface area (Å²) in [5.74, 6) is 0.378. The summed E-state index contributed by atoms with van der Waals surface area (Å²) in [4.78, 5) is 26.0. The first-order chi connectivity index (χ1) is 10.6. The zero-order valence-electron chi connectivity index (χ0n) is 12.3. The Bertz CT molecular complexity index is 582. The van der Waals surface area contributed by atoms with Crippen LogP contribution in [-0.2, 0) is 9.59 Å². The lowest BCUT2D eigenvalue weighted by Crippen LogP contribution is -2.33. The third-order valence-electron chi connectivity index (χ3n) is 3.11. The number of hydrogen-bond donors (Lipinski definition) is 1. The van der Waals surface area contributed by atoms with Crippen molar-refractivity contribution in [2.45, 2.75) is 26.2 Å². The molecular formula is C15H18N2O3S2. The zero-order valence-corrected chi connectivity index (χ0v) is 14.0. The Hall–Kier alpha value is -1.60. The summed E-state index contributed by atoms with van der Waals surface area (Å²) < 4.78 is 5.68. The largest absolute Gasteiger partial charge is 0.465 e. The van der Waals surface area contributed by atoms with Crippen LogP contribution in [0.1, 0.15) is 31.9 Å². The van der Waals surface area contributed by atoms with E-state index in [1.165, 1.54) is 16.7 Å². The highest BCUT2D eigenvalue weighted by atomic mass is 32.2. The van der Waals surface area contributed by atoms with E-state index >= 15 is 0 Å². The maximum Gasteiger partial charge on any atom is 0.266 e. The molecule has 0 saturated carbocycles. The van der Waals surface area contributed by atoms with Gasteiger partial charge < -0.3 is 9.73 Å². The lowest BCUT2D eigenvalue weighted by atomic mass is 10.3. The highest BCUT2D eigenvalue weighted by molar-refractivity contribution is 8.26. The van der Waals surface area contributed by atoms with Gasteiger partial charge in [0.05, 0.1) is 11.2 Å². The number of thioether (sulfide) groups is 1. The molecule has 22 heavy (non-hydrogen) atoms. The molecule has 0 unspecified atom stereocenters. The molecule has 1 saturated heterocycles. The number of unbranched alkanes of at least 4 members (excludes halogenated alkanes) is 1. The highest BCUT2D eigenvalue weighted by Crippen LogP contribution is 2.32. The van der Waals surface area contributed by atoms with E-state index in [-0.39, 0.29) is 18.2 Å². The maximum absolute atomic E-state index is 12.3. The van der Waals surface area contributed by atoms with Crippen LogP contribution in [0, 0.1) is 0 Å². The number of thiocarbonyl (C=S) groups is 1. The first-order valence-corrected chi connectivity index (χ1v) is 8.40. The fourth-order valence-corrected chi connectivity index (χ4v) is 3.19. The van der Waals surface area contributed by atoms with Gasteiger partial charge in [-0.1, -0.05) is 37.3 Å². The van der Waals surface area contributed by atoms with Gasteiger partial charge in [-0.15, -0.1) is 0 Å². The molecule has 118 valence electrons. The number of carbonyl (C=O) groups is 2. The third kappa shape index (κ3) is 4.45. The van der Waals surface area contributed by atoms with E-state index in [9.17, 15) is 9.59 Å². The van der Waals surface area contributed by atoms with Crippen LogP contribution in [-0.4, -0.2) is 34.1 Å². The number of nitrogens with zero attached hydrogens (tertiary/aromatic N) is 1. The number of carbonyl (C=O) groups excluding carboxylic acids is 2. The lowest BCUT2D eigenvalue weighted by Gasteiger charge is -2.14. The molecule has 0 bridgehead atoms. The van der Waals surface area contributed by atoms with Gasteiger partial charge >= 0.3 is 0 Å². The van der Waals surface area contributed by atoms with E-state index in [0.717, 1.165) is 12.8 Å². The van der Waals surface area contributed by atoms with Gasteiger partial charge in [0.2, 0.25) is 5.91 Å². The van der Waals surface area contributed by atoms with Gasteiger partial charge in [0.15, 0.2) is 0 Å². The van der Waals surface area contributed by atoms with E-state index in [2.05, 4.69) is 12.2 Å². The monoisotopic (exact) mass is 338 g/mol. The average molecular weight is 338 g/mol. The first kappa shape index (κ1) is 16.8. The minimum Gasteiger partial charge on any atom is -0.465 e. The Morgan fingerprint density at radius 1 is 1.55 bits per heavy atom.